The Bertz CT molecular complexity index is 911. The maximum atomic E-state index is 12.8. The van der Waals surface area contributed by atoms with Gasteiger partial charge in [-0.3, -0.25) is 19.7 Å². The first-order valence-electron chi connectivity index (χ1n) is 9.13. The van der Waals surface area contributed by atoms with E-state index in [1.165, 1.54) is 6.07 Å². The molecule has 1 fully saturated rings. The van der Waals surface area contributed by atoms with Crippen LogP contribution >= 0.6 is 0 Å². The topological polar surface area (TPSA) is 105 Å². The van der Waals surface area contributed by atoms with Crippen molar-refractivity contribution >= 4 is 23.3 Å². The average Bonchev–Trinajstić information content (AvgIpc) is 2.69. The SMILES string of the molecule is Cc1ccc(NC(=O)C2CCCN(C(=O)c3ccc(C)c([N+](=O)[O-])c3)C2)nc1. The highest BCUT2D eigenvalue weighted by molar-refractivity contribution is 5.96. The van der Waals surface area contributed by atoms with Gasteiger partial charge in [-0.05, 0) is 44.4 Å². The predicted molar refractivity (Wildman–Crippen MR) is 104 cm³/mol. The predicted octanol–water partition coefficient (Wildman–Crippen LogP) is 3.10. The van der Waals surface area contributed by atoms with Gasteiger partial charge in [-0.15, -0.1) is 0 Å². The first kappa shape index (κ1) is 19.5. The van der Waals surface area contributed by atoms with Crippen molar-refractivity contribution in [2.75, 3.05) is 18.4 Å². The third-order valence-corrected chi connectivity index (χ3v) is 4.89. The van der Waals surface area contributed by atoms with Gasteiger partial charge in [-0.2, -0.15) is 0 Å². The van der Waals surface area contributed by atoms with E-state index >= 15 is 0 Å². The fourth-order valence-corrected chi connectivity index (χ4v) is 3.27. The number of benzene rings is 1. The molecule has 8 heteroatoms. The molecule has 2 amide bonds. The molecule has 0 bridgehead atoms. The van der Waals surface area contributed by atoms with Gasteiger partial charge in [0, 0.05) is 36.5 Å². The molecule has 1 saturated heterocycles. The van der Waals surface area contributed by atoms with Crippen molar-refractivity contribution in [1.82, 2.24) is 9.88 Å². The summed E-state index contributed by atoms with van der Waals surface area (Å²) in [7, 11) is 0. The number of nitrogens with zero attached hydrogens (tertiary/aromatic N) is 3. The summed E-state index contributed by atoms with van der Waals surface area (Å²) < 4.78 is 0. The lowest BCUT2D eigenvalue weighted by Crippen LogP contribution is -2.43. The van der Waals surface area contributed by atoms with Crippen molar-refractivity contribution in [3.05, 3.63) is 63.3 Å². The minimum absolute atomic E-state index is 0.0809. The van der Waals surface area contributed by atoms with Crippen LogP contribution in [0, 0.1) is 29.9 Å². The molecule has 1 N–H and O–H groups in total. The van der Waals surface area contributed by atoms with Gasteiger partial charge in [0.1, 0.15) is 5.82 Å². The molecule has 2 aromatic rings. The average molecular weight is 382 g/mol. The maximum absolute atomic E-state index is 12.8. The van der Waals surface area contributed by atoms with Crippen LogP contribution in [0.25, 0.3) is 0 Å². The summed E-state index contributed by atoms with van der Waals surface area (Å²) in [6.45, 7) is 4.34. The van der Waals surface area contributed by atoms with E-state index < -0.39 is 4.92 Å². The Morgan fingerprint density at radius 2 is 2.04 bits per heavy atom. The molecular weight excluding hydrogens is 360 g/mol. The number of nitrogens with one attached hydrogen (secondary N) is 1. The van der Waals surface area contributed by atoms with Crippen LogP contribution < -0.4 is 5.32 Å². The van der Waals surface area contributed by atoms with Crippen LogP contribution in [-0.4, -0.2) is 39.7 Å². The van der Waals surface area contributed by atoms with Crippen LogP contribution in [0.4, 0.5) is 11.5 Å². The molecule has 1 aromatic carbocycles. The van der Waals surface area contributed by atoms with E-state index in [9.17, 15) is 19.7 Å². The first-order valence-corrected chi connectivity index (χ1v) is 9.13. The molecule has 28 heavy (non-hydrogen) atoms. The third kappa shape index (κ3) is 4.33. The van der Waals surface area contributed by atoms with Gasteiger partial charge < -0.3 is 10.2 Å². The number of nitro benzene ring substituents is 1. The molecule has 0 radical (unpaired) electrons. The molecule has 2 heterocycles. The summed E-state index contributed by atoms with van der Waals surface area (Å²) in [6.07, 6.45) is 3.05. The van der Waals surface area contributed by atoms with Crippen molar-refractivity contribution in [3.8, 4) is 0 Å². The number of nitro groups is 1. The summed E-state index contributed by atoms with van der Waals surface area (Å²) in [5, 5.41) is 13.9. The van der Waals surface area contributed by atoms with Gasteiger partial charge in [0.2, 0.25) is 5.91 Å². The zero-order valence-electron chi connectivity index (χ0n) is 15.8. The Morgan fingerprint density at radius 1 is 1.25 bits per heavy atom. The second kappa shape index (κ2) is 8.16. The Morgan fingerprint density at radius 3 is 2.71 bits per heavy atom. The van der Waals surface area contributed by atoms with E-state index in [2.05, 4.69) is 10.3 Å². The fraction of sp³-hybridized carbons (Fsp3) is 0.350. The lowest BCUT2D eigenvalue weighted by atomic mass is 9.96. The maximum Gasteiger partial charge on any atom is 0.273 e. The third-order valence-electron chi connectivity index (χ3n) is 4.89. The number of aryl methyl sites for hydroxylation is 2. The van der Waals surface area contributed by atoms with E-state index in [4.69, 9.17) is 0 Å². The van der Waals surface area contributed by atoms with Gasteiger partial charge in [-0.1, -0.05) is 12.1 Å². The number of carbonyl (C=O) groups is 2. The van der Waals surface area contributed by atoms with Crippen molar-refractivity contribution in [2.24, 2.45) is 5.92 Å². The van der Waals surface area contributed by atoms with Crippen LogP contribution in [-0.2, 0) is 4.79 Å². The number of aromatic nitrogens is 1. The van der Waals surface area contributed by atoms with Crippen molar-refractivity contribution in [1.29, 1.82) is 0 Å². The summed E-state index contributed by atoms with van der Waals surface area (Å²) in [6, 6.07) is 8.07. The van der Waals surface area contributed by atoms with Crippen LogP contribution in [0.15, 0.2) is 36.5 Å². The Hall–Kier alpha value is -3.29. The van der Waals surface area contributed by atoms with Crippen LogP contribution in [0.2, 0.25) is 0 Å². The van der Waals surface area contributed by atoms with Crippen molar-refractivity contribution < 1.29 is 14.5 Å². The minimum Gasteiger partial charge on any atom is -0.338 e. The molecule has 3 rings (SSSR count). The molecule has 1 unspecified atom stereocenters. The van der Waals surface area contributed by atoms with Gasteiger partial charge in [0.15, 0.2) is 0 Å². The number of piperidine rings is 1. The number of anilines is 1. The molecule has 0 spiro atoms. The normalized spacial score (nSPS) is 16.5. The van der Waals surface area contributed by atoms with Gasteiger partial charge in [0.25, 0.3) is 11.6 Å². The molecule has 8 nitrogen and oxygen atoms in total. The van der Waals surface area contributed by atoms with Gasteiger partial charge >= 0.3 is 0 Å². The van der Waals surface area contributed by atoms with E-state index in [0.717, 1.165) is 5.56 Å². The number of hydrogen-bond donors (Lipinski definition) is 1. The van der Waals surface area contributed by atoms with Gasteiger partial charge in [0.05, 0.1) is 10.8 Å². The number of rotatable bonds is 4. The summed E-state index contributed by atoms with van der Waals surface area (Å²) in [5.74, 6) is -0.341. The minimum atomic E-state index is -0.493. The van der Waals surface area contributed by atoms with E-state index in [1.807, 2.05) is 13.0 Å². The second-order valence-electron chi connectivity index (χ2n) is 7.06. The summed E-state index contributed by atoms with van der Waals surface area (Å²) in [5.41, 5.74) is 1.68. The number of amides is 2. The second-order valence-corrected chi connectivity index (χ2v) is 7.06. The highest BCUT2D eigenvalue weighted by Gasteiger charge is 2.30. The van der Waals surface area contributed by atoms with E-state index in [0.29, 0.717) is 30.8 Å². The highest BCUT2D eigenvalue weighted by atomic mass is 16.6. The Balaban J connectivity index is 1.69. The van der Waals surface area contributed by atoms with Crippen molar-refractivity contribution in [3.63, 3.8) is 0 Å². The van der Waals surface area contributed by atoms with Crippen LogP contribution in [0.3, 0.4) is 0 Å². The van der Waals surface area contributed by atoms with E-state index in [-0.39, 0.29) is 35.5 Å². The first-order chi connectivity index (χ1) is 13.3. The summed E-state index contributed by atoms with van der Waals surface area (Å²) in [4.78, 5) is 41.8. The molecule has 1 atom stereocenters. The molecule has 1 aliphatic rings. The molecule has 1 aromatic heterocycles. The lowest BCUT2D eigenvalue weighted by molar-refractivity contribution is -0.385. The molecular formula is C20H22N4O4. The van der Waals surface area contributed by atoms with Gasteiger partial charge in [-0.25, -0.2) is 4.98 Å². The van der Waals surface area contributed by atoms with Crippen molar-refractivity contribution in [2.45, 2.75) is 26.7 Å². The Kier molecular flexibility index (Phi) is 5.67. The fourth-order valence-electron chi connectivity index (χ4n) is 3.27. The van der Waals surface area contributed by atoms with Crippen LogP contribution in [0.1, 0.15) is 34.3 Å². The highest BCUT2D eigenvalue weighted by Crippen LogP contribution is 2.23. The number of pyridine rings is 1. The number of carbonyl (C=O) groups excluding carboxylic acids is 2. The smallest absolute Gasteiger partial charge is 0.273 e. The van der Waals surface area contributed by atoms with Crippen LogP contribution in [0.5, 0.6) is 0 Å². The Labute approximate surface area is 162 Å². The number of hydrogen-bond acceptors (Lipinski definition) is 5. The quantitative estimate of drug-likeness (QED) is 0.646. The van der Waals surface area contributed by atoms with E-state index in [1.54, 1.807) is 36.2 Å². The molecule has 0 saturated carbocycles. The monoisotopic (exact) mass is 382 g/mol. The largest absolute Gasteiger partial charge is 0.338 e. The molecule has 146 valence electrons. The number of likely N-dealkylation sites (tertiary alicyclic amines) is 1. The lowest BCUT2D eigenvalue weighted by Gasteiger charge is -2.32. The zero-order valence-corrected chi connectivity index (χ0v) is 15.8. The molecule has 1 aliphatic heterocycles. The standard InChI is InChI=1S/C20H22N4O4/c1-13-5-8-18(21-11-13)22-19(25)16-4-3-9-23(12-16)20(26)15-7-6-14(2)17(10-15)24(27)28/h5-8,10-11,16H,3-4,9,12H2,1-2H3,(H,21,22,25). The molecule has 0 aliphatic carbocycles. The summed E-state index contributed by atoms with van der Waals surface area (Å²) >= 11 is 0. The zero-order chi connectivity index (χ0) is 20.3.